The summed E-state index contributed by atoms with van der Waals surface area (Å²) in [7, 11) is -3.90. The minimum absolute atomic E-state index is 0.0616. The van der Waals surface area contributed by atoms with Crippen LogP contribution in [0.5, 0.6) is 0 Å². The normalized spacial score (nSPS) is 14.8. The fourth-order valence-electron chi connectivity index (χ4n) is 3.59. The molecule has 4 rings (SSSR count). The zero-order chi connectivity index (χ0) is 22.7. The van der Waals surface area contributed by atoms with Gasteiger partial charge < -0.3 is 4.90 Å². The van der Waals surface area contributed by atoms with Crippen LogP contribution in [-0.2, 0) is 10.0 Å². The third kappa shape index (κ3) is 4.86. The molecule has 2 heterocycles. The zero-order valence-electron chi connectivity index (χ0n) is 17.5. The number of aromatic nitrogens is 2. The maximum absolute atomic E-state index is 12.7. The molecule has 1 fully saturated rings. The number of sulfonamides is 1. The molecule has 9 nitrogen and oxygen atoms in total. The van der Waals surface area contributed by atoms with Gasteiger partial charge in [0.25, 0.3) is 15.7 Å². The maximum atomic E-state index is 12.7. The van der Waals surface area contributed by atoms with Crippen LogP contribution >= 0.6 is 0 Å². The Morgan fingerprint density at radius 1 is 1.03 bits per heavy atom. The molecule has 3 aromatic rings. The minimum Gasteiger partial charge on any atom is -0.355 e. The van der Waals surface area contributed by atoms with Crippen LogP contribution in [0.3, 0.4) is 0 Å². The lowest BCUT2D eigenvalue weighted by molar-refractivity contribution is -0.384. The molecule has 0 atom stereocenters. The first-order valence-electron chi connectivity index (χ1n) is 10.3. The molecule has 1 N–H and O–H groups in total. The summed E-state index contributed by atoms with van der Waals surface area (Å²) < 4.78 is 27.8. The molecule has 0 bridgehead atoms. The second kappa shape index (κ2) is 8.91. The number of nitrogens with zero attached hydrogens (tertiary/aromatic N) is 4. The van der Waals surface area contributed by atoms with Gasteiger partial charge in [-0.15, -0.1) is 10.2 Å². The highest BCUT2D eigenvalue weighted by atomic mass is 32.2. The van der Waals surface area contributed by atoms with Crippen LogP contribution in [-0.4, -0.2) is 36.6 Å². The van der Waals surface area contributed by atoms with Crippen molar-refractivity contribution in [1.29, 1.82) is 0 Å². The minimum atomic E-state index is -3.90. The molecular weight excluding hydrogens is 430 g/mol. The number of nitro groups is 1. The van der Waals surface area contributed by atoms with Gasteiger partial charge >= 0.3 is 0 Å². The van der Waals surface area contributed by atoms with Crippen molar-refractivity contribution in [3.63, 3.8) is 0 Å². The van der Waals surface area contributed by atoms with Crippen molar-refractivity contribution in [2.75, 3.05) is 22.7 Å². The molecule has 32 heavy (non-hydrogen) atoms. The number of non-ortho nitro benzene ring substituents is 1. The molecular formula is C22H23N5O4S. The predicted octanol–water partition coefficient (Wildman–Crippen LogP) is 4.09. The van der Waals surface area contributed by atoms with E-state index in [9.17, 15) is 18.5 Å². The third-order valence-corrected chi connectivity index (χ3v) is 6.92. The largest absolute Gasteiger partial charge is 0.355 e. The van der Waals surface area contributed by atoms with Crippen molar-refractivity contribution in [2.45, 2.75) is 24.7 Å². The topological polar surface area (TPSA) is 118 Å². The Hall–Kier alpha value is -3.53. The lowest BCUT2D eigenvalue weighted by Crippen LogP contribution is -2.33. The summed E-state index contributed by atoms with van der Waals surface area (Å²) >= 11 is 0. The Balaban J connectivity index is 1.50. The van der Waals surface area contributed by atoms with Gasteiger partial charge in [-0.25, -0.2) is 8.42 Å². The Morgan fingerprint density at radius 3 is 2.38 bits per heavy atom. The summed E-state index contributed by atoms with van der Waals surface area (Å²) in [5, 5.41) is 19.5. The highest BCUT2D eigenvalue weighted by molar-refractivity contribution is 7.92. The smallest absolute Gasteiger partial charge is 0.269 e. The van der Waals surface area contributed by atoms with Gasteiger partial charge in [0.2, 0.25) is 0 Å². The van der Waals surface area contributed by atoms with E-state index >= 15 is 0 Å². The molecule has 0 saturated carbocycles. The van der Waals surface area contributed by atoms with E-state index in [0.717, 1.165) is 55.4 Å². The number of piperidine rings is 1. The molecule has 1 aromatic heterocycles. The molecule has 1 saturated heterocycles. The van der Waals surface area contributed by atoms with Crippen molar-refractivity contribution in [3.8, 4) is 11.3 Å². The van der Waals surface area contributed by atoms with Crippen molar-refractivity contribution in [2.24, 2.45) is 5.92 Å². The second-order valence-corrected chi connectivity index (χ2v) is 9.57. The van der Waals surface area contributed by atoms with Crippen molar-refractivity contribution in [3.05, 3.63) is 70.8 Å². The van der Waals surface area contributed by atoms with Crippen molar-refractivity contribution in [1.82, 2.24) is 10.2 Å². The zero-order valence-corrected chi connectivity index (χ0v) is 18.3. The molecule has 1 aliphatic rings. The molecule has 10 heteroatoms. The summed E-state index contributed by atoms with van der Waals surface area (Å²) in [6.45, 7) is 4.19. The second-order valence-electron chi connectivity index (χ2n) is 7.88. The van der Waals surface area contributed by atoms with Gasteiger partial charge in [0.15, 0.2) is 5.82 Å². The average molecular weight is 454 g/mol. The molecule has 0 unspecified atom stereocenters. The maximum Gasteiger partial charge on any atom is 0.269 e. The van der Waals surface area contributed by atoms with Gasteiger partial charge in [-0.05, 0) is 55.2 Å². The number of hydrogen-bond donors (Lipinski definition) is 1. The standard InChI is InChI=1S/C22H23N5O4S/c1-16-11-13-26(14-12-16)22-10-9-21(23-24-22)17-3-2-4-18(15-17)25-32(30,31)20-7-5-19(6-8-20)27(28)29/h2-10,15-16,25H,11-14H2,1H3. The van der Waals surface area contributed by atoms with Crippen LogP contribution in [0.25, 0.3) is 11.3 Å². The molecule has 0 aliphatic carbocycles. The quantitative estimate of drug-likeness (QED) is 0.441. The van der Waals surface area contributed by atoms with Crippen LogP contribution < -0.4 is 9.62 Å². The highest BCUT2D eigenvalue weighted by Gasteiger charge is 2.18. The van der Waals surface area contributed by atoms with E-state index in [0.29, 0.717) is 11.4 Å². The highest BCUT2D eigenvalue weighted by Crippen LogP contribution is 2.26. The molecule has 1 aliphatic heterocycles. The number of nitro benzene ring substituents is 1. The van der Waals surface area contributed by atoms with E-state index in [1.54, 1.807) is 18.2 Å². The fraction of sp³-hybridized carbons (Fsp3) is 0.273. The Bertz CT molecular complexity index is 1210. The van der Waals surface area contributed by atoms with Gasteiger partial charge in [0.1, 0.15) is 0 Å². The average Bonchev–Trinajstić information content (AvgIpc) is 2.80. The van der Waals surface area contributed by atoms with Crippen LogP contribution in [0, 0.1) is 16.0 Å². The van der Waals surface area contributed by atoms with Gasteiger partial charge in [-0.2, -0.15) is 0 Å². The number of benzene rings is 2. The SMILES string of the molecule is CC1CCN(c2ccc(-c3cccc(NS(=O)(=O)c4ccc([N+](=O)[O-])cc4)c3)nn2)CC1. The lowest BCUT2D eigenvalue weighted by atomic mass is 9.99. The monoisotopic (exact) mass is 453 g/mol. The van der Waals surface area contributed by atoms with Crippen molar-refractivity contribution >= 4 is 27.2 Å². The molecule has 166 valence electrons. The van der Waals surface area contributed by atoms with Crippen LogP contribution in [0.1, 0.15) is 19.8 Å². The number of hydrogen-bond acceptors (Lipinski definition) is 7. The van der Waals surface area contributed by atoms with E-state index in [1.165, 1.54) is 12.1 Å². The lowest BCUT2D eigenvalue weighted by Gasteiger charge is -2.30. The van der Waals surface area contributed by atoms with Crippen LogP contribution in [0.15, 0.2) is 65.6 Å². The summed E-state index contributed by atoms with van der Waals surface area (Å²) in [4.78, 5) is 12.4. The Morgan fingerprint density at radius 2 is 1.75 bits per heavy atom. The third-order valence-electron chi connectivity index (χ3n) is 5.53. The Labute approximate surface area is 186 Å². The molecule has 0 amide bonds. The number of anilines is 2. The summed E-state index contributed by atoms with van der Waals surface area (Å²) in [6, 6.07) is 15.4. The predicted molar refractivity (Wildman–Crippen MR) is 122 cm³/mol. The van der Waals surface area contributed by atoms with E-state index in [1.807, 2.05) is 18.2 Å². The molecule has 2 aromatic carbocycles. The number of rotatable bonds is 6. The number of nitrogens with one attached hydrogen (secondary N) is 1. The first-order valence-corrected chi connectivity index (χ1v) is 11.8. The van der Waals surface area contributed by atoms with E-state index < -0.39 is 14.9 Å². The fourth-order valence-corrected chi connectivity index (χ4v) is 4.64. The summed E-state index contributed by atoms with van der Waals surface area (Å²) in [5.41, 5.74) is 1.54. The Kier molecular flexibility index (Phi) is 6.04. The van der Waals surface area contributed by atoms with Crippen molar-refractivity contribution < 1.29 is 13.3 Å². The van der Waals surface area contributed by atoms with E-state index in [4.69, 9.17) is 0 Å². The van der Waals surface area contributed by atoms with Crippen LogP contribution in [0.4, 0.5) is 17.2 Å². The molecule has 0 spiro atoms. The van der Waals surface area contributed by atoms with E-state index in [2.05, 4.69) is 26.7 Å². The van der Waals surface area contributed by atoms with Gasteiger partial charge in [0.05, 0.1) is 15.5 Å². The molecule has 0 radical (unpaired) electrons. The first-order chi connectivity index (χ1) is 15.3. The summed E-state index contributed by atoms with van der Waals surface area (Å²) in [5.74, 6) is 1.58. The first kappa shape index (κ1) is 21.7. The van der Waals surface area contributed by atoms with Crippen LogP contribution in [0.2, 0.25) is 0 Å². The summed E-state index contributed by atoms with van der Waals surface area (Å²) in [6.07, 6.45) is 2.28. The van der Waals surface area contributed by atoms with Gasteiger partial charge in [0, 0.05) is 36.5 Å². The van der Waals surface area contributed by atoms with Gasteiger partial charge in [-0.3, -0.25) is 14.8 Å². The van der Waals surface area contributed by atoms with E-state index in [-0.39, 0.29) is 10.6 Å². The van der Waals surface area contributed by atoms with Gasteiger partial charge in [-0.1, -0.05) is 19.1 Å².